The summed E-state index contributed by atoms with van der Waals surface area (Å²) in [4.78, 5) is 14.2. The molecule has 2 aliphatic rings. The normalized spacial score (nSPS) is 31.1. The van der Waals surface area contributed by atoms with E-state index in [-0.39, 0.29) is 5.25 Å². The zero-order valence-corrected chi connectivity index (χ0v) is 10.1. The summed E-state index contributed by atoms with van der Waals surface area (Å²) in [6, 6.07) is 0.337. The van der Waals surface area contributed by atoms with Crippen LogP contribution in [0.15, 0.2) is 0 Å². The summed E-state index contributed by atoms with van der Waals surface area (Å²) in [5, 5.41) is 0.238. The quantitative estimate of drug-likeness (QED) is 0.735. The van der Waals surface area contributed by atoms with Crippen LogP contribution in [-0.4, -0.2) is 48.1 Å². The standard InChI is InChI=1S/C11H19NO2S/c1-14-8-9-4-2-6-12(9)11(13)10-5-3-7-15-10/h9-10H,2-8H2,1H3. The Morgan fingerprint density at radius 2 is 2.33 bits per heavy atom. The molecule has 0 aromatic heterocycles. The van der Waals surface area contributed by atoms with Gasteiger partial charge >= 0.3 is 0 Å². The van der Waals surface area contributed by atoms with Crippen molar-refractivity contribution in [1.82, 2.24) is 4.90 Å². The third-order valence-corrected chi connectivity index (χ3v) is 4.59. The average molecular weight is 229 g/mol. The summed E-state index contributed by atoms with van der Waals surface area (Å²) in [5.74, 6) is 1.51. The van der Waals surface area contributed by atoms with Crippen molar-refractivity contribution in [3.8, 4) is 0 Å². The predicted molar refractivity (Wildman–Crippen MR) is 62.1 cm³/mol. The minimum Gasteiger partial charge on any atom is -0.383 e. The van der Waals surface area contributed by atoms with Crippen molar-refractivity contribution in [2.24, 2.45) is 0 Å². The van der Waals surface area contributed by atoms with Crippen LogP contribution < -0.4 is 0 Å². The number of nitrogens with zero attached hydrogens (tertiary/aromatic N) is 1. The molecule has 0 aromatic rings. The fraction of sp³-hybridized carbons (Fsp3) is 0.909. The van der Waals surface area contributed by atoms with Crippen molar-refractivity contribution in [2.45, 2.75) is 37.0 Å². The van der Waals surface area contributed by atoms with Crippen LogP contribution in [0.1, 0.15) is 25.7 Å². The number of hydrogen-bond donors (Lipinski definition) is 0. The van der Waals surface area contributed by atoms with E-state index in [1.807, 2.05) is 16.7 Å². The lowest BCUT2D eigenvalue weighted by Gasteiger charge is -2.26. The van der Waals surface area contributed by atoms with Gasteiger partial charge in [0.15, 0.2) is 0 Å². The molecule has 3 nitrogen and oxygen atoms in total. The third-order valence-electron chi connectivity index (χ3n) is 3.22. The van der Waals surface area contributed by atoms with Gasteiger partial charge in [0.05, 0.1) is 17.9 Å². The summed E-state index contributed by atoms with van der Waals surface area (Å²) >= 11 is 1.83. The maximum absolute atomic E-state index is 12.2. The average Bonchev–Trinajstić information content (AvgIpc) is 2.87. The van der Waals surface area contributed by atoms with Crippen molar-refractivity contribution < 1.29 is 9.53 Å². The molecular formula is C11H19NO2S. The Bertz CT molecular complexity index is 229. The Morgan fingerprint density at radius 3 is 3.00 bits per heavy atom. The molecule has 86 valence electrons. The van der Waals surface area contributed by atoms with Gasteiger partial charge in [-0.25, -0.2) is 0 Å². The number of rotatable bonds is 3. The van der Waals surface area contributed by atoms with Crippen LogP contribution in [0.2, 0.25) is 0 Å². The molecule has 2 atom stereocenters. The van der Waals surface area contributed by atoms with Crippen LogP contribution in [0.3, 0.4) is 0 Å². The molecule has 0 aromatic carbocycles. The SMILES string of the molecule is COCC1CCCN1C(=O)C1CCCS1. The second-order valence-corrected chi connectivity index (χ2v) is 5.60. The van der Waals surface area contributed by atoms with E-state index in [1.54, 1.807) is 7.11 Å². The number of carbonyl (C=O) groups excluding carboxylic acids is 1. The molecule has 2 unspecified atom stereocenters. The van der Waals surface area contributed by atoms with E-state index in [1.165, 1.54) is 6.42 Å². The van der Waals surface area contributed by atoms with Crippen LogP contribution >= 0.6 is 11.8 Å². The van der Waals surface area contributed by atoms with Gasteiger partial charge in [0.25, 0.3) is 0 Å². The second-order valence-electron chi connectivity index (χ2n) is 4.28. The van der Waals surface area contributed by atoms with Crippen LogP contribution in [-0.2, 0) is 9.53 Å². The smallest absolute Gasteiger partial charge is 0.236 e. The first kappa shape index (κ1) is 11.3. The van der Waals surface area contributed by atoms with Crippen LogP contribution in [0.5, 0.6) is 0 Å². The Morgan fingerprint density at radius 1 is 1.47 bits per heavy atom. The highest BCUT2D eigenvalue weighted by molar-refractivity contribution is 8.00. The molecule has 2 saturated heterocycles. The highest BCUT2D eigenvalue weighted by atomic mass is 32.2. The number of methoxy groups -OCH3 is 1. The highest BCUT2D eigenvalue weighted by Crippen LogP contribution is 2.30. The zero-order chi connectivity index (χ0) is 10.7. The van der Waals surface area contributed by atoms with E-state index in [0.29, 0.717) is 18.6 Å². The number of ether oxygens (including phenoxy) is 1. The van der Waals surface area contributed by atoms with Crippen molar-refractivity contribution in [3.05, 3.63) is 0 Å². The minimum absolute atomic E-state index is 0.238. The number of hydrogen-bond acceptors (Lipinski definition) is 3. The van der Waals surface area contributed by atoms with Crippen LogP contribution in [0.4, 0.5) is 0 Å². The molecule has 0 spiro atoms. The molecule has 2 rings (SSSR count). The Balaban J connectivity index is 1.92. The van der Waals surface area contributed by atoms with Gasteiger partial charge in [0.2, 0.25) is 5.91 Å². The van der Waals surface area contributed by atoms with E-state index >= 15 is 0 Å². The molecule has 15 heavy (non-hydrogen) atoms. The first-order valence-corrected chi connectivity index (χ1v) is 6.79. The minimum atomic E-state index is 0.238. The second kappa shape index (κ2) is 5.21. The van der Waals surface area contributed by atoms with E-state index in [4.69, 9.17) is 4.74 Å². The van der Waals surface area contributed by atoms with Gasteiger partial charge in [-0.3, -0.25) is 4.79 Å². The van der Waals surface area contributed by atoms with Gasteiger partial charge < -0.3 is 9.64 Å². The van der Waals surface area contributed by atoms with E-state index in [2.05, 4.69) is 0 Å². The fourth-order valence-corrected chi connectivity index (χ4v) is 3.68. The molecular weight excluding hydrogens is 210 g/mol. The predicted octanol–water partition coefficient (Wildman–Crippen LogP) is 1.52. The first-order chi connectivity index (χ1) is 7.33. The lowest BCUT2D eigenvalue weighted by atomic mass is 10.2. The van der Waals surface area contributed by atoms with Gasteiger partial charge in [-0.05, 0) is 31.4 Å². The topological polar surface area (TPSA) is 29.5 Å². The molecule has 2 fully saturated rings. The van der Waals surface area contributed by atoms with Crippen molar-refractivity contribution >= 4 is 17.7 Å². The number of carbonyl (C=O) groups is 1. The Labute approximate surface area is 95.5 Å². The van der Waals surface area contributed by atoms with E-state index < -0.39 is 0 Å². The Kier molecular flexibility index (Phi) is 3.92. The highest BCUT2D eigenvalue weighted by Gasteiger charge is 2.34. The number of thioether (sulfide) groups is 1. The fourth-order valence-electron chi connectivity index (χ4n) is 2.45. The summed E-state index contributed by atoms with van der Waals surface area (Å²) in [5.41, 5.74) is 0. The number of likely N-dealkylation sites (tertiary alicyclic amines) is 1. The van der Waals surface area contributed by atoms with E-state index in [9.17, 15) is 4.79 Å². The first-order valence-electron chi connectivity index (χ1n) is 5.74. The van der Waals surface area contributed by atoms with Crippen molar-refractivity contribution in [2.75, 3.05) is 26.0 Å². The molecule has 2 heterocycles. The summed E-state index contributed by atoms with van der Waals surface area (Å²) in [6.45, 7) is 1.63. The molecule has 4 heteroatoms. The van der Waals surface area contributed by atoms with Gasteiger partial charge in [-0.2, -0.15) is 0 Å². The van der Waals surface area contributed by atoms with Crippen molar-refractivity contribution in [1.29, 1.82) is 0 Å². The van der Waals surface area contributed by atoms with Gasteiger partial charge in [0, 0.05) is 13.7 Å². The van der Waals surface area contributed by atoms with Crippen LogP contribution in [0.25, 0.3) is 0 Å². The summed E-state index contributed by atoms with van der Waals surface area (Å²) < 4.78 is 5.17. The monoisotopic (exact) mass is 229 g/mol. The summed E-state index contributed by atoms with van der Waals surface area (Å²) in [6.07, 6.45) is 4.51. The number of amides is 1. The summed E-state index contributed by atoms with van der Waals surface area (Å²) in [7, 11) is 1.71. The van der Waals surface area contributed by atoms with Gasteiger partial charge in [-0.15, -0.1) is 11.8 Å². The molecule has 0 N–H and O–H groups in total. The lowest BCUT2D eigenvalue weighted by molar-refractivity contribution is -0.132. The van der Waals surface area contributed by atoms with Crippen molar-refractivity contribution in [3.63, 3.8) is 0 Å². The maximum Gasteiger partial charge on any atom is 0.236 e. The molecule has 1 amide bonds. The van der Waals surface area contributed by atoms with E-state index in [0.717, 1.165) is 31.6 Å². The lowest BCUT2D eigenvalue weighted by Crippen LogP contribution is -2.42. The van der Waals surface area contributed by atoms with Crippen LogP contribution in [0, 0.1) is 0 Å². The maximum atomic E-state index is 12.2. The molecule has 2 aliphatic heterocycles. The third kappa shape index (κ3) is 2.48. The molecule has 0 aliphatic carbocycles. The molecule has 0 bridgehead atoms. The van der Waals surface area contributed by atoms with Gasteiger partial charge in [0.1, 0.15) is 0 Å². The molecule has 0 saturated carbocycles. The largest absolute Gasteiger partial charge is 0.383 e. The molecule has 0 radical (unpaired) electrons. The van der Waals surface area contributed by atoms with Gasteiger partial charge in [-0.1, -0.05) is 0 Å². The Hall–Kier alpha value is -0.220. The zero-order valence-electron chi connectivity index (χ0n) is 9.28.